The predicted octanol–water partition coefficient (Wildman–Crippen LogP) is 6.49. The van der Waals surface area contributed by atoms with E-state index >= 15 is 0 Å². The first-order chi connectivity index (χ1) is 18.0. The van der Waals surface area contributed by atoms with E-state index in [0.29, 0.717) is 23.0 Å². The number of benzene rings is 4. The molecule has 0 bridgehead atoms. The van der Waals surface area contributed by atoms with E-state index in [1.807, 2.05) is 84.9 Å². The number of nitrogens with one attached hydrogen (secondary N) is 1. The Morgan fingerprint density at radius 2 is 1.16 bits per heavy atom. The molecular formula is C31H28Cl2N2O2. The van der Waals surface area contributed by atoms with E-state index in [9.17, 15) is 9.59 Å². The van der Waals surface area contributed by atoms with Crippen molar-refractivity contribution in [3.05, 3.63) is 141 Å². The molecule has 6 heteroatoms. The lowest BCUT2D eigenvalue weighted by Crippen LogP contribution is -2.50. The molecule has 0 aliphatic rings. The van der Waals surface area contributed by atoms with Gasteiger partial charge in [0.15, 0.2) is 0 Å². The van der Waals surface area contributed by atoms with Crippen molar-refractivity contribution < 1.29 is 9.59 Å². The maximum absolute atomic E-state index is 13.7. The van der Waals surface area contributed by atoms with Gasteiger partial charge in [0.1, 0.15) is 6.04 Å². The van der Waals surface area contributed by atoms with Crippen LogP contribution in [0.5, 0.6) is 0 Å². The van der Waals surface area contributed by atoms with Gasteiger partial charge in [0, 0.05) is 29.6 Å². The highest BCUT2D eigenvalue weighted by Gasteiger charge is 2.30. The highest BCUT2D eigenvalue weighted by atomic mass is 35.5. The van der Waals surface area contributed by atoms with E-state index in [-0.39, 0.29) is 24.8 Å². The summed E-state index contributed by atoms with van der Waals surface area (Å²) >= 11 is 12.1. The van der Waals surface area contributed by atoms with Gasteiger partial charge in [-0.3, -0.25) is 9.59 Å². The smallest absolute Gasteiger partial charge is 0.243 e. The average molecular weight is 531 g/mol. The lowest BCUT2D eigenvalue weighted by Gasteiger charge is -2.32. The van der Waals surface area contributed by atoms with Crippen LogP contribution >= 0.6 is 23.2 Å². The van der Waals surface area contributed by atoms with Crippen LogP contribution in [-0.4, -0.2) is 22.8 Å². The molecule has 0 saturated heterocycles. The minimum atomic E-state index is -0.707. The van der Waals surface area contributed by atoms with Gasteiger partial charge in [-0.2, -0.15) is 0 Å². The van der Waals surface area contributed by atoms with Crippen molar-refractivity contribution in [1.29, 1.82) is 0 Å². The molecule has 0 heterocycles. The molecule has 0 fully saturated rings. The molecule has 4 aromatic carbocycles. The van der Waals surface area contributed by atoms with Gasteiger partial charge in [0.25, 0.3) is 0 Å². The molecule has 0 unspecified atom stereocenters. The van der Waals surface area contributed by atoms with Gasteiger partial charge in [-0.15, -0.1) is 0 Å². The van der Waals surface area contributed by atoms with Crippen LogP contribution in [0.2, 0.25) is 10.0 Å². The van der Waals surface area contributed by atoms with E-state index in [4.69, 9.17) is 23.2 Å². The first-order valence-electron chi connectivity index (χ1n) is 12.1. The first kappa shape index (κ1) is 26.5. The molecule has 0 aliphatic heterocycles. The first-order valence-corrected chi connectivity index (χ1v) is 12.9. The van der Waals surface area contributed by atoms with Crippen molar-refractivity contribution in [2.24, 2.45) is 0 Å². The van der Waals surface area contributed by atoms with E-state index < -0.39 is 6.04 Å². The van der Waals surface area contributed by atoms with Gasteiger partial charge in [-0.1, -0.05) is 108 Å². The van der Waals surface area contributed by atoms with Gasteiger partial charge >= 0.3 is 0 Å². The summed E-state index contributed by atoms with van der Waals surface area (Å²) in [5.41, 5.74) is 3.70. The summed E-state index contributed by atoms with van der Waals surface area (Å²) in [5, 5.41) is 4.29. The second-order valence-electron chi connectivity index (χ2n) is 8.86. The van der Waals surface area contributed by atoms with Crippen LogP contribution in [-0.2, 0) is 35.5 Å². The molecule has 0 spiro atoms. The Morgan fingerprint density at radius 3 is 1.73 bits per heavy atom. The fourth-order valence-corrected chi connectivity index (χ4v) is 4.37. The van der Waals surface area contributed by atoms with Gasteiger partial charge in [-0.25, -0.2) is 0 Å². The summed E-state index contributed by atoms with van der Waals surface area (Å²) in [5.74, 6) is -0.335. The van der Waals surface area contributed by atoms with E-state index in [1.165, 1.54) is 0 Å². The van der Waals surface area contributed by atoms with Crippen molar-refractivity contribution in [3.8, 4) is 0 Å². The van der Waals surface area contributed by atoms with Crippen molar-refractivity contribution >= 4 is 35.0 Å². The number of rotatable bonds is 10. The minimum absolute atomic E-state index is 0.122. The lowest BCUT2D eigenvalue weighted by molar-refractivity contribution is -0.140. The number of hydrogen-bond acceptors (Lipinski definition) is 2. The van der Waals surface area contributed by atoms with Crippen LogP contribution < -0.4 is 5.32 Å². The highest BCUT2D eigenvalue weighted by Crippen LogP contribution is 2.18. The molecule has 0 radical (unpaired) electrons. The normalized spacial score (nSPS) is 11.5. The van der Waals surface area contributed by atoms with Gasteiger partial charge in [-0.05, 0) is 46.5 Å². The fraction of sp³-hybridized carbons (Fsp3) is 0.161. The maximum atomic E-state index is 13.7. The van der Waals surface area contributed by atoms with Crippen molar-refractivity contribution in [2.45, 2.75) is 32.0 Å². The van der Waals surface area contributed by atoms with Crippen LogP contribution in [0.15, 0.2) is 109 Å². The molecular weight excluding hydrogens is 503 g/mol. The number of nitrogens with zero attached hydrogens (tertiary/aromatic N) is 1. The molecule has 4 rings (SSSR count). The van der Waals surface area contributed by atoms with Crippen LogP contribution in [0.1, 0.15) is 22.3 Å². The van der Waals surface area contributed by atoms with Crippen molar-refractivity contribution in [1.82, 2.24) is 10.2 Å². The molecule has 0 saturated carbocycles. The molecule has 188 valence electrons. The molecule has 0 aliphatic carbocycles. The zero-order valence-corrected chi connectivity index (χ0v) is 21.8. The third kappa shape index (κ3) is 7.94. The van der Waals surface area contributed by atoms with Gasteiger partial charge in [0.2, 0.25) is 11.8 Å². The molecule has 1 atom stereocenters. The highest BCUT2D eigenvalue weighted by molar-refractivity contribution is 6.30. The Hall–Kier alpha value is -3.60. The Morgan fingerprint density at radius 1 is 0.649 bits per heavy atom. The summed E-state index contributed by atoms with van der Waals surface area (Å²) in [6, 6.07) is 33.3. The van der Waals surface area contributed by atoms with Crippen molar-refractivity contribution in [3.63, 3.8) is 0 Å². The monoisotopic (exact) mass is 530 g/mol. The van der Waals surface area contributed by atoms with Gasteiger partial charge in [0.05, 0.1) is 6.42 Å². The quantitative estimate of drug-likeness (QED) is 0.254. The molecule has 2 amide bonds. The summed E-state index contributed by atoms with van der Waals surface area (Å²) in [6.07, 6.45) is 0.589. The van der Waals surface area contributed by atoms with E-state index in [2.05, 4.69) is 5.32 Å². The predicted molar refractivity (Wildman–Crippen MR) is 149 cm³/mol. The van der Waals surface area contributed by atoms with Crippen LogP contribution in [0, 0.1) is 0 Å². The number of carbonyl (C=O) groups excluding carboxylic acids is 2. The van der Waals surface area contributed by atoms with Crippen molar-refractivity contribution in [2.75, 3.05) is 0 Å². The zero-order chi connectivity index (χ0) is 26.0. The lowest BCUT2D eigenvalue weighted by atomic mass is 10.0. The Kier molecular flexibility index (Phi) is 9.36. The molecule has 0 aromatic heterocycles. The number of halogens is 2. The van der Waals surface area contributed by atoms with Crippen LogP contribution in [0.4, 0.5) is 0 Å². The standard InChI is InChI=1S/C31H28Cl2N2O2/c32-27-15-11-25(12-16-27)21-34-31(37)29(19-23-7-3-1-4-8-23)35(22-26-13-17-28(33)18-14-26)30(36)20-24-9-5-2-6-10-24/h1-18,29H,19-22H2,(H,34,37)/t29-/m0/s1. The SMILES string of the molecule is O=C(NCc1ccc(Cl)cc1)[C@H](Cc1ccccc1)N(Cc1ccc(Cl)cc1)C(=O)Cc1ccccc1. The fourth-order valence-electron chi connectivity index (χ4n) is 4.12. The molecule has 1 N–H and O–H groups in total. The van der Waals surface area contributed by atoms with E-state index in [1.54, 1.807) is 29.2 Å². The molecule has 37 heavy (non-hydrogen) atoms. The van der Waals surface area contributed by atoms with Gasteiger partial charge < -0.3 is 10.2 Å². The largest absolute Gasteiger partial charge is 0.350 e. The second-order valence-corrected chi connectivity index (χ2v) is 9.73. The number of hydrogen-bond donors (Lipinski definition) is 1. The third-order valence-corrected chi connectivity index (χ3v) is 6.62. The Bertz CT molecular complexity index is 1290. The molecule has 4 aromatic rings. The topological polar surface area (TPSA) is 49.4 Å². The van der Waals surface area contributed by atoms with Crippen LogP contribution in [0.3, 0.4) is 0 Å². The van der Waals surface area contributed by atoms with Crippen LogP contribution in [0.25, 0.3) is 0 Å². The zero-order valence-electron chi connectivity index (χ0n) is 20.3. The number of carbonyl (C=O) groups is 2. The Balaban J connectivity index is 1.63. The minimum Gasteiger partial charge on any atom is -0.350 e. The van der Waals surface area contributed by atoms with E-state index in [0.717, 1.165) is 22.3 Å². The Labute approximate surface area is 227 Å². The summed E-state index contributed by atoms with van der Waals surface area (Å²) < 4.78 is 0. The third-order valence-electron chi connectivity index (χ3n) is 6.12. The second kappa shape index (κ2) is 13.1. The maximum Gasteiger partial charge on any atom is 0.243 e. The summed E-state index contributed by atoms with van der Waals surface area (Å²) in [7, 11) is 0. The molecule has 4 nitrogen and oxygen atoms in total. The summed E-state index contributed by atoms with van der Waals surface area (Å²) in [4.78, 5) is 29.1. The average Bonchev–Trinajstić information content (AvgIpc) is 2.92. The summed E-state index contributed by atoms with van der Waals surface area (Å²) in [6.45, 7) is 0.623. The number of amides is 2.